The number of para-hydroxylation sites is 2. The Hall–Kier alpha value is -3.92. The molecule has 4 nitrogen and oxygen atoms in total. The second kappa shape index (κ2) is 11.2. The molecule has 0 aliphatic carbocycles. The third-order valence-corrected chi connectivity index (χ3v) is 7.48. The third kappa shape index (κ3) is 5.35. The molecule has 3 aromatic carbocycles. The highest BCUT2D eigenvalue weighted by atomic mass is 16.3. The Morgan fingerprint density at radius 2 is 1.50 bits per heavy atom. The van der Waals surface area contributed by atoms with E-state index in [9.17, 15) is 5.11 Å². The van der Waals surface area contributed by atoms with Crippen LogP contribution in [0.5, 0.6) is 5.75 Å². The number of hydrogen-bond acceptors (Lipinski definition) is 4. The van der Waals surface area contributed by atoms with Crippen LogP contribution in [0.15, 0.2) is 103 Å². The number of hydrogen-bond donors (Lipinski definition) is 3. The molecule has 3 aromatic rings. The molecule has 2 atom stereocenters. The minimum absolute atomic E-state index is 0.168. The molecule has 2 aliphatic heterocycles. The molecule has 0 amide bonds. The Kier molecular flexibility index (Phi) is 7.59. The average molecular weight is 506 g/mol. The van der Waals surface area contributed by atoms with Crippen LogP contribution in [0.1, 0.15) is 80.8 Å². The molecule has 2 aliphatic rings. The van der Waals surface area contributed by atoms with Gasteiger partial charge in [-0.2, -0.15) is 0 Å². The Morgan fingerprint density at radius 1 is 0.816 bits per heavy atom. The Balaban J connectivity index is 1.43. The minimum atomic E-state index is -0.168. The van der Waals surface area contributed by atoms with Crippen molar-refractivity contribution >= 4 is 11.4 Å². The zero-order valence-electron chi connectivity index (χ0n) is 22.9. The standard InChI is InChI=1S/C34H39N3O/c1-23(2)28-16-11-17-29(24(3)4)33(28)37-22-27(36-34(37)30-15-8-9-19-32(30)38)21-20-26-14-10-18-31(35-26)25-12-6-5-7-13-25/h5-19,22-24,26,34-36,38H,20-21H2,1-4H3. The van der Waals surface area contributed by atoms with E-state index < -0.39 is 0 Å². The number of phenolic OH excluding ortho intramolecular Hbond substituents is 1. The molecule has 38 heavy (non-hydrogen) atoms. The fourth-order valence-corrected chi connectivity index (χ4v) is 5.47. The molecular weight excluding hydrogens is 466 g/mol. The number of rotatable bonds is 8. The van der Waals surface area contributed by atoms with Crippen LogP contribution < -0.4 is 15.5 Å². The topological polar surface area (TPSA) is 47.5 Å². The molecule has 0 fully saturated rings. The summed E-state index contributed by atoms with van der Waals surface area (Å²) in [6.45, 7) is 9.02. The number of anilines is 1. The van der Waals surface area contributed by atoms with Crippen LogP contribution in [0, 0.1) is 0 Å². The number of nitrogens with zero attached hydrogens (tertiary/aromatic N) is 1. The van der Waals surface area contributed by atoms with Crippen molar-refractivity contribution in [3.05, 3.63) is 125 Å². The maximum atomic E-state index is 10.8. The van der Waals surface area contributed by atoms with Gasteiger partial charge in [0.15, 0.2) is 0 Å². The lowest BCUT2D eigenvalue weighted by Gasteiger charge is -2.32. The van der Waals surface area contributed by atoms with E-state index in [1.807, 2.05) is 24.3 Å². The molecule has 3 N–H and O–H groups in total. The second-order valence-corrected chi connectivity index (χ2v) is 10.9. The molecule has 0 saturated heterocycles. The largest absolute Gasteiger partial charge is 0.508 e. The van der Waals surface area contributed by atoms with Gasteiger partial charge in [0.1, 0.15) is 11.9 Å². The van der Waals surface area contributed by atoms with Crippen LogP contribution >= 0.6 is 0 Å². The van der Waals surface area contributed by atoms with E-state index in [1.165, 1.54) is 28.1 Å². The summed E-state index contributed by atoms with van der Waals surface area (Å²) >= 11 is 0. The quantitative estimate of drug-likeness (QED) is 0.291. The van der Waals surface area contributed by atoms with Gasteiger partial charge >= 0.3 is 0 Å². The number of allylic oxidation sites excluding steroid dienone is 3. The number of dihydropyridines is 1. The minimum Gasteiger partial charge on any atom is -0.508 e. The van der Waals surface area contributed by atoms with E-state index in [4.69, 9.17) is 0 Å². The van der Waals surface area contributed by atoms with Gasteiger partial charge in [-0.3, -0.25) is 0 Å². The van der Waals surface area contributed by atoms with Gasteiger partial charge in [-0.05, 0) is 53.5 Å². The van der Waals surface area contributed by atoms with Crippen LogP contribution in [0.3, 0.4) is 0 Å². The molecule has 196 valence electrons. The van der Waals surface area contributed by atoms with E-state index in [1.54, 1.807) is 6.07 Å². The summed E-state index contributed by atoms with van der Waals surface area (Å²) in [6.07, 6.45) is 10.5. The van der Waals surface area contributed by atoms with Gasteiger partial charge in [0.2, 0.25) is 0 Å². The van der Waals surface area contributed by atoms with Crippen LogP contribution in [0.25, 0.3) is 5.70 Å². The SMILES string of the molecule is CC(C)c1cccc(C(C)C)c1N1C=C(CCC2C=CC=C(c3ccccc3)N2)NC1c1ccccc1O. The molecule has 2 unspecified atom stereocenters. The summed E-state index contributed by atoms with van der Waals surface area (Å²) in [6, 6.07) is 25.1. The zero-order chi connectivity index (χ0) is 26.6. The molecule has 0 saturated carbocycles. The second-order valence-electron chi connectivity index (χ2n) is 10.9. The van der Waals surface area contributed by atoms with Crippen molar-refractivity contribution in [1.82, 2.24) is 10.6 Å². The van der Waals surface area contributed by atoms with Crippen LogP contribution in [0.4, 0.5) is 5.69 Å². The van der Waals surface area contributed by atoms with Gasteiger partial charge in [-0.25, -0.2) is 0 Å². The smallest absolute Gasteiger partial charge is 0.133 e. The summed E-state index contributed by atoms with van der Waals surface area (Å²) in [7, 11) is 0. The molecule has 0 spiro atoms. The summed E-state index contributed by atoms with van der Waals surface area (Å²) < 4.78 is 0. The lowest BCUT2D eigenvalue weighted by atomic mass is 9.91. The molecular formula is C34H39N3O. The van der Waals surface area contributed by atoms with Crippen molar-refractivity contribution in [2.24, 2.45) is 0 Å². The average Bonchev–Trinajstić information content (AvgIpc) is 3.36. The first-order chi connectivity index (χ1) is 18.4. The van der Waals surface area contributed by atoms with E-state index in [2.05, 4.69) is 110 Å². The predicted molar refractivity (Wildman–Crippen MR) is 159 cm³/mol. The van der Waals surface area contributed by atoms with Crippen LogP contribution in [-0.4, -0.2) is 11.1 Å². The molecule has 2 heterocycles. The van der Waals surface area contributed by atoms with Gasteiger partial charge in [-0.15, -0.1) is 0 Å². The van der Waals surface area contributed by atoms with Crippen molar-refractivity contribution in [3.63, 3.8) is 0 Å². The highest BCUT2D eigenvalue weighted by Crippen LogP contribution is 2.43. The summed E-state index contributed by atoms with van der Waals surface area (Å²) in [5.41, 5.74) is 8.33. The molecule has 5 rings (SSSR count). The molecule has 4 heteroatoms. The van der Waals surface area contributed by atoms with Crippen molar-refractivity contribution in [1.29, 1.82) is 0 Å². The highest BCUT2D eigenvalue weighted by Gasteiger charge is 2.32. The van der Waals surface area contributed by atoms with E-state index in [0.717, 1.165) is 24.1 Å². The molecule has 0 aromatic heterocycles. The van der Waals surface area contributed by atoms with E-state index in [0.29, 0.717) is 17.6 Å². The lowest BCUT2D eigenvalue weighted by molar-refractivity contribution is 0.456. The van der Waals surface area contributed by atoms with E-state index >= 15 is 0 Å². The van der Waals surface area contributed by atoms with Crippen molar-refractivity contribution in [2.45, 2.75) is 64.6 Å². The fourth-order valence-electron chi connectivity index (χ4n) is 5.47. The summed E-state index contributed by atoms with van der Waals surface area (Å²) in [4.78, 5) is 2.36. The van der Waals surface area contributed by atoms with Gasteiger partial charge in [0, 0.05) is 34.9 Å². The Labute approximate surface area is 227 Å². The van der Waals surface area contributed by atoms with Crippen molar-refractivity contribution in [2.75, 3.05) is 4.90 Å². The van der Waals surface area contributed by atoms with Gasteiger partial charge < -0.3 is 20.6 Å². The fraction of sp³-hybridized carbons (Fsp3) is 0.294. The lowest BCUT2D eigenvalue weighted by Crippen LogP contribution is -2.30. The van der Waals surface area contributed by atoms with Gasteiger partial charge in [0.25, 0.3) is 0 Å². The number of benzene rings is 3. The third-order valence-electron chi connectivity index (χ3n) is 7.48. The maximum absolute atomic E-state index is 10.8. The van der Waals surface area contributed by atoms with Crippen molar-refractivity contribution in [3.8, 4) is 5.75 Å². The Bertz CT molecular complexity index is 1330. The van der Waals surface area contributed by atoms with Crippen molar-refractivity contribution < 1.29 is 5.11 Å². The first-order valence-corrected chi connectivity index (χ1v) is 13.8. The van der Waals surface area contributed by atoms with Crippen LogP contribution in [0.2, 0.25) is 0 Å². The van der Waals surface area contributed by atoms with E-state index in [-0.39, 0.29) is 12.2 Å². The maximum Gasteiger partial charge on any atom is 0.133 e. The summed E-state index contributed by atoms with van der Waals surface area (Å²) in [5.74, 6) is 1.07. The van der Waals surface area contributed by atoms with Crippen LogP contribution in [-0.2, 0) is 0 Å². The molecule has 0 bridgehead atoms. The highest BCUT2D eigenvalue weighted by molar-refractivity contribution is 5.68. The first kappa shape index (κ1) is 25.7. The number of nitrogens with one attached hydrogen (secondary N) is 2. The number of aromatic hydroxyl groups is 1. The monoisotopic (exact) mass is 505 g/mol. The zero-order valence-corrected chi connectivity index (χ0v) is 22.9. The molecule has 0 radical (unpaired) electrons. The predicted octanol–water partition coefficient (Wildman–Crippen LogP) is 7.94. The Morgan fingerprint density at radius 3 is 2.18 bits per heavy atom. The first-order valence-electron chi connectivity index (χ1n) is 13.8. The number of phenols is 1. The summed E-state index contributed by atoms with van der Waals surface area (Å²) in [5, 5.41) is 18.3. The van der Waals surface area contributed by atoms with Gasteiger partial charge in [-0.1, -0.05) is 107 Å². The van der Waals surface area contributed by atoms with Gasteiger partial charge in [0.05, 0.1) is 0 Å². The normalized spacial score (nSPS) is 18.8.